The Hall–Kier alpha value is -2.06. The van der Waals surface area contributed by atoms with E-state index >= 15 is 0 Å². The lowest BCUT2D eigenvalue weighted by Crippen LogP contribution is -2.45. The lowest BCUT2D eigenvalue weighted by Gasteiger charge is -2.39. The van der Waals surface area contributed by atoms with Gasteiger partial charge in [0.05, 0.1) is 30.7 Å². The number of anilines is 1. The Kier molecular flexibility index (Phi) is 4.75. The lowest BCUT2D eigenvalue weighted by molar-refractivity contribution is 0.0212. The maximum Gasteiger partial charge on any atom is 0.170 e. The smallest absolute Gasteiger partial charge is 0.170 e. The number of nitrogens with zero attached hydrogens (tertiary/aromatic N) is 4. The molecular formula is C17H26N6OS. The molecule has 25 heavy (non-hydrogen) atoms. The van der Waals surface area contributed by atoms with Gasteiger partial charge in [0.25, 0.3) is 0 Å². The third-order valence-electron chi connectivity index (χ3n) is 4.40. The van der Waals surface area contributed by atoms with Gasteiger partial charge in [-0.05, 0) is 19.1 Å². The van der Waals surface area contributed by atoms with Gasteiger partial charge in [-0.25, -0.2) is 9.66 Å². The van der Waals surface area contributed by atoms with Gasteiger partial charge in [-0.3, -0.25) is 0 Å². The first-order chi connectivity index (χ1) is 11.8. The van der Waals surface area contributed by atoms with Crippen molar-refractivity contribution in [2.45, 2.75) is 45.3 Å². The number of hydrogen-bond donors (Lipinski definition) is 2. The number of thiazole rings is 1. The van der Waals surface area contributed by atoms with Crippen molar-refractivity contribution < 1.29 is 4.74 Å². The topological polar surface area (TPSA) is 94.7 Å². The van der Waals surface area contributed by atoms with Gasteiger partial charge >= 0.3 is 0 Å². The molecule has 2 aromatic rings. The molecule has 1 saturated heterocycles. The summed E-state index contributed by atoms with van der Waals surface area (Å²) in [4.78, 5) is 7.10. The van der Waals surface area contributed by atoms with E-state index < -0.39 is 0 Å². The number of aromatic nitrogens is 2. The Morgan fingerprint density at radius 1 is 1.36 bits per heavy atom. The van der Waals surface area contributed by atoms with E-state index in [0.717, 1.165) is 22.9 Å². The summed E-state index contributed by atoms with van der Waals surface area (Å²) in [6.45, 7) is 10.0. The highest BCUT2D eigenvalue weighted by molar-refractivity contribution is 7.09. The van der Waals surface area contributed by atoms with Crippen LogP contribution in [0.3, 0.4) is 0 Å². The highest BCUT2D eigenvalue weighted by Gasteiger charge is 2.30. The molecule has 0 bridgehead atoms. The van der Waals surface area contributed by atoms with E-state index in [-0.39, 0.29) is 17.6 Å². The van der Waals surface area contributed by atoms with Crippen LogP contribution in [-0.2, 0) is 10.2 Å². The quantitative estimate of drug-likeness (QED) is 0.626. The van der Waals surface area contributed by atoms with Crippen molar-refractivity contribution in [2.24, 2.45) is 10.9 Å². The van der Waals surface area contributed by atoms with Crippen LogP contribution in [0.25, 0.3) is 0 Å². The number of morpholine rings is 1. The Bertz CT molecular complexity index is 806. The second-order valence-corrected chi connectivity index (χ2v) is 8.32. The molecule has 0 amide bonds. The molecule has 1 aliphatic heterocycles. The molecule has 1 unspecified atom stereocenters. The molecule has 8 heteroatoms. The molecule has 0 radical (unpaired) electrons. The van der Waals surface area contributed by atoms with Crippen molar-refractivity contribution in [3.63, 3.8) is 0 Å². The minimum absolute atomic E-state index is 0.0394. The number of pyridine rings is 1. The first kappa shape index (κ1) is 17.8. The van der Waals surface area contributed by atoms with Gasteiger partial charge in [-0.1, -0.05) is 20.8 Å². The van der Waals surface area contributed by atoms with Crippen molar-refractivity contribution in [2.75, 3.05) is 23.9 Å². The Morgan fingerprint density at radius 2 is 2.12 bits per heavy atom. The number of ether oxygens (including phenoxy) is 1. The molecule has 0 spiro atoms. The van der Waals surface area contributed by atoms with Crippen molar-refractivity contribution in [3.05, 3.63) is 39.9 Å². The molecule has 1 fully saturated rings. The molecule has 2 atom stereocenters. The normalized spacial score (nSPS) is 22.4. The fraction of sp³-hybridized carbons (Fsp3) is 0.529. The van der Waals surface area contributed by atoms with Gasteiger partial charge in [0.1, 0.15) is 11.1 Å². The van der Waals surface area contributed by atoms with Gasteiger partial charge < -0.3 is 21.3 Å². The van der Waals surface area contributed by atoms with Crippen LogP contribution in [0.1, 0.15) is 44.5 Å². The summed E-state index contributed by atoms with van der Waals surface area (Å²) in [7, 11) is 0. The standard InChI is InChI=1S/C17H26N6OS/c1-11-9-24-13(16-20-14(10-25-16)17(2,3)4)8-22(11)12-5-6-15(21-18)23(19)7-12/h5-7,10-11,13H,8-9,18-19H2,1-4H3/b21-15-/t11-,13?/m1/s1. The largest absolute Gasteiger partial charge is 0.367 e. The van der Waals surface area contributed by atoms with Crippen LogP contribution < -0.4 is 22.1 Å². The van der Waals surface area contributed by atoms with Crippen molar-refractivity contribution in [3.8, 4) is 0 Å². The summed E-state index contributed by atoms with van der Waals surface area (Å²) in [6.07, 6.45) is 1.80. The summed E-state index contributed by atoms with van der Waals surface area (Å²) in [5.41, 5.74) is 2.69. The number of nitrogens with two attached hydrogens (primary N) is 2. The number of hydrogen-bond acceptors (Lipinski definition) is 7. The Balaban J connectivity index is 1.84. The third kappa shape index (κ3) is 3.64. The van der Waals surface area contributed by atoms with Gasteiger partial charge in [-0.2, -0.15) is 5.10 Å². The summed E-state index contributed by atoms with van der Waals surface area (Å²) in [6, 6.07) is 4.04. The lowest BCUT2D eigenvalue weighted by atomic mass is 9.93. The average molecular weight is 363 g/mol. The Morgan fingerprint density at radius 3 is 2.72 bits per heavy atom. The molecule has 136 valence electrons. The predicted octanol–water partition coefficient (Wildman–Crippen LogP) is 1.70. The first-order valence-electron chi connectivity index (χ1n) is 8.35. The highest BCUT2D eigenvalue weighted by atomic mass is 32.1. The number of rotatable bonds is 2. The van der Waals surface area contributed by atoms with Gasteiger partial charge in [0, 0.05) is 16.8 Å². The van der Waals surface area contributed by atoms with Crippen LogP contribution >= 0.6 is 11.3 Å². The summed E-state index contributed by atoms with van der Waals surface area (Å²) >= 11 is 1.67. The van der Waals surface area contributed by atoms with Gasteiger partial charge in [0.15, 0.2) is 5.49 Å². The van der Waals surface area contributed by atoms with E-state index in [4.69, 9.17) is 21.4 Å². The first-order valence-corrected chi connectivity index (χ1v) is 9.23. The van der Waals surface area contributed by atoms with E-state index in [9.17, 15) is 0 Å². The zero-order chi connectivity index (χ0) is 18.2. The summed E-state index contributed by atoms with van der Waals surface area (Å²) in [5, 5.41) is 6.81. The SMILES string of the molecule is C[C@@H]1COC(c2nc(C(C)(C)C)cs2)CN1c1cc/c(=N/N)n(N)c1. The van der Waals surface area contributed by atoms with Crippen LogP contribution in [0, 0.1) is 0 Å². The zero-order valence-electron chi connectivity index (χ0n) is 15.1. The van der Waals surface area contributed by atoms with E-state index in [1.807, 2.05) is 18.3 Å². The molecule has 3 heterocycles. The molecule has 0 saturated carbocycles. The maximum atomic E-state index is 6.06. The van der Waals surface area contributed by atoms with E-state index in [2.05, 4.69) is 43.1 Å². The van der Waals surface area contributed by atoms with Crippen molar-refractivity contribution >= 4 is 17.0 Å². The molecule has 2 aromatic heterocycles. The summed E-state index contributed by atoms with van der Waals surface area (Å²) in [5.74, 6) is 11.3. The summed E-state index contributed by atoms with van der Waals surface area (Å²) < 4.78 is 7.50. The minimum atomic E-state index is -0.0394. The van der Waals surface area contributed by atoms with Crippen LogP contribution in [0.4, 0.5) is 5.69 Å². The highest BCUT2D eigenvalue weighted by Crippen LogP contribution is 2.32. The van der Waals surface area contributed by atoms with Gasteiger partial charge in [-0.15, -0.1) is 11.3 Å². The monoisotopic (exact) mass is 362 g/mol. The average Bonchev–Trinajstić information content (AvgIpc) is 3.05. The Labute approximate surface area is 151 Å². The number of nitrogen functional groups attached to an aromatic ring is 1. The minimum Gasteiger partial charge on any atom is -0.367 e. The van der Waals surface area contributed by atoms with Crippen molar-refractivity contribution in [1.29, 1.82) is 0 Å². The second kappa shape index (κ2) is 6.68. The van der Waals surface area contributed by atoms with Crippen molar-refractivity contribution in [1.82, 2.24) is 9.66 Å². The molecule has 1 aliphatic rings. The van der Waals surface area contributed by atoms with Crippen LogP contribution in [0.2, 0.25) is 0 Å². The fourth-order valence-electron chi connectivity index (χ4n) is 2.82. The molecule has 0 aliphatic carbocycles. The van der Waals surface area contributed by atoms with Gasteiger partial charge in [0.2, 0.25) is 0 Å². The fourth-order valence-corrected chi connectivity index (χ4v) is 3.91. The molecular weight excluding hydrogens is 336 g/mol. The van der Waals surface area contributed by atoms with Crippen LogP contribution in [-0.4, -0.2) is 28.9 Å². The van der Waals surface area contributed by atoms with Crippen LogP contribution in [0.15, 0.2) is 28.8 Å². The predicted molar refractivity (Wildman–Crippen MR) is 101 cm³/mol. The maximum absolute atomic E-state index is 6.06. The molecule has 3 rings (SSSR count). The molecule has 0 aromatic carbocycles. The van der Waals surface area contributed by atoms with E-state index in [1.54, 1.807) is 11.3 Å². The van der Waals surface area contributed by atoms with E-state index in [1.165, 1.54) is 4.68 Å². The molecule has 4 N–H and O–H groups in total. The third-order valence-corrected chi connectivity index (χ3v) is 5.34. The second-order valence-electron chi connectivity index (χ2n) is 7.43. The zero-order valence-corrected chi connectivity index (χ0v) is 16.0. The van der Waals surface area contributed by atoms with Crippen LogP contribution in [0.5, 0.6) is 0 Å². The molecule has 7 nitrogen and oxygen atoms in total. The van der Waals surface area contributed by atoms with E-state index in [0.29, 0.717) is 12.1 Å².